The highest BCUT2D eigenvalue weighted by molar-refractivity contribution is 6.30. The van der Waals surface area contributed by atoms with Gasteiger partial charge in [-0.15, -0.1) is 0 Å². The number of likely N-dealkylation sites (tertiary alicyclic amines) is 3. The molecule has 12 aromatic rings. The topological polar surface area (TPSA) is 336 Å². The van der Waals surface area contributed by atoms with Gasteiger partial charge in [0, 0.05) is 104 Å². The van der Waals surface area contributed by atoms with Crippen LogP contribution in [0.5, 0.6) is 34.9 Å². The summed E-state index contributed by atoms with van der Waals surface area (Å²) in [6.07, 6.45) is 18.0. The highest BCUT2D eigenvalue weighted by atomic mass is 35.5. The van der Waals surface area contributed by atoms with Crippen LogP contribution in [0.4, 0.5) is 30.6 Å². The van der Waals surface area contributed by atoms with E-state index in [1.165, 1.54) is 55.4 Å². The van der Waals surface area contributed by atoms with E-state index in [0.717, 1.165) is 56.2 Å². The maximum Gasteiger partial charge on any atom is 0.246 e. The van der Waals surface area contributed by atoms with Crippen LogP contribution in [-0.4, -0.2) is 146 Å². The van der Waals surface area contributed by atoms with E-state index in [1.54, 1.807) is 105 Å². The Balaban J connectivity index is 0.000000138. The van der Waals surface area contributed by atoms with Crippen LogP contribution < -0.4 is 31.4 Å². The van der Waals surface area contributed by atoms with Gasteiger partial charge in [-0.1, -0.05) is 43.5 Å². The molecule has 3 atom stereocenters. The maximum absolute atomic E-state index is 13.9. The second kappa shape index (κ2) is 30.4. The third-order valence-electron chi connectivity index (χ3n) is 17.5. The van der Waals surface area contributed by atoms with E-state index >= 15 is 0 Å². The number of aromatic nitrogens is 15. The Hall–Kier alpha value is -12.7. The van der Waals surface area contributed by atoms with E-state index in [-0.39, 0.29) is 64.9 Å². The SMILES string of the molecule is C=CC(=O)N1CCC[C@@H](n2nc(-c3ccc(Oc4ccc(Cl)cc4)nc3)c3c(N)ncnc32)C1.C=CC(=O)N1CCC[C@@H](n2nc(-c3ccc(Oc4ccc(F)c(F)c4)nc3)c3c(N)ncnc32)C1.C=CC(=O)N1CCC[C@@H](n2nc(-c3ccc(Oc4ccccc4F)nc3)c3c(N)ncnc32)C1. The predicted molar refractivity (Wildman–Crippen MR) is 378 cm³/mol. The molecule has 0 radical (unpaired) electrons. The number of rotatable bonds is 15. The minimum atomic E-state index is -1.01. The van der Waals surface area contributed by atoms with Gasteiger partial charge >= 0.3 is 0 Å². The second-order valence-corrected chi connectivity index (χ2v) is 24.5. The first kappa shape index (κ1) is 68.8. The average molecular weight is 1410 g/mol. The van der Waals surface area contributed by atoms with Gasteiger partial charge in [-0.05, 0) is 123 Å². The lowest BCUT2D eigenvalue weighted by molar-refractivity contribution is -0.128. The molecule has 0 spiro atoms. The van der Waals surface area contributed by atoms with Gasteiger partial charge in [0.15, 0.2) is 40.1 Å². The van der Waals surface area contributed by atoms with Crippen molar-refractivity contribution in [2.24, 2.45) is 0 Å². The number of carbonyl (C=O) groups is 3. The number of para-hydroxylation sites is 1. The summed E-state index contributed by atoms with van der Waals surface area (Å²) >= 11 is 5.93. The average Bonchev–Trinajstić information content (AvgIpc) is 1.62. The van der Waals surface area contributed by atoms with Gasteiger partial charge in [-0.3, -0.25) is 14.4 Å². The smallest absolute Gasteiger partial charge is 0.246 e. The summed E-state index contributed by atoms with van der Waals surface area (Å²) < 4.78 is 62.8. The summed E-state index contributed by atoms with van der Waals surface area (Å²) in [5.74, 6) is -0.145. The number of fused-ring (bicyclic) bond motifs is 3. The van der Waals surface area contributed by atoms with Gasteiger partial charge < -0.3 is 46.1 Å². The minimum Gasteiger partial charge on any atom is -0.439 e. The number of ether oxygens (including phenoxy) is 3. The second-order valence-electron chi connectivity index (χ2n) is 24.0. The molecular formula is C72H65ClF3N21O6. The Labute approximate surface area is 590 Å². The summed E-state index contributed by atoms with van der Waals surface area (Å²) in [6.45, 7) is 14.3. The lowest BCUT2D eigenvalue weighted by Gasteiger charge is -2.32. The van der Waals surface area contributed by atoms with E-state index < -0.39 is 17.5 Å². The molecule has 3 aliphatic heterocycles. The Morgan fingerprint density at radius 3 is 1.19 bits per heavy atom. The summed E-state index contributed by atoms with van der Waals surface area (Å²) in [5, 5.41) is 17.0. The molecule has 3 amide bonds. The first-order valence-corrected chi connectivity index (χ1v) is 33.0. The predicted octanol–water partition coefficient (Wildman–Crippen LogP) is 11.9. The first-order valence-electron chi connectivity index (χ1n) is 32.6. The Bertz CT molecular complexity index is 5160. The van der Waals surface area contributed by atoms with Crippen molar-refractivity contribution < 1.29 is 41.8 Å². The molecule has 522 valence electrons. The Morgan fingerprint density at radius 1 is 0.447 bits per heavy atom. The summed E-state index contributed by atoms with van der Waals surface area (Å²) in [4.78, 5) is 80.5. The molecule has 9 aromatic heterocycles. The fraction of sp³-hybridized carbons (Fsp3) is 0.208. The molecule has 15 rings (SSSR count). The monoisotopic (exact) mass is 1410 g/mol. The van der Waals surface area contributed by atoms with E-state index in [4.69, 9.17) is 58.3 Å². The molecule has 3 fully saturated rings. The molecule has 0 bridgehead atoms. The highest BCUT2D eigenvalue weighted by Gasteiger charge is 2.32. The van der Waals surface area contributed by atoms with Gasteiger partial charge in [0.1, 0.15) is 65.0 Å². The lowest BCUT2D eigenvalue weighted by Crippen LogP contribution is -2.40. The molecule has 6 N–H and O–H groups in total. The molecule has 3 aliphatic rings. The number of benzene rings is 3. The molecule has 3 saturated heterocycles. The quantitative estimate of drug-likeness (QED) is 0.0803. The van der Waals surface area contributed by atoms with Crippen LogP contribution in [0.25, 0.3) is 66.9 Å². The van der Waals surface area contributed by atoms with Crippen LogP contribution in [-0.2, 0) is 14.4 Å². The van der Waals surface area contributed by atoms with Crippen molar-refractivity contribution in [3.05, 3.63) is 201 Å². The van der Waals surface area contributed by atoms with Gasteiger partial charge in [-0.2, -0.15) is 15.3 Å². The van der Waals surface area contributed by atoms with Crippen molar-refractivity contribution >= 4 is 79.9 Å². The number of nitrogens with zero attached hydrogens (tertiary/aromatic N) is 18. The molecule has 12 heterocycles. The summed E-state index contributed by atoms with van der Waals surface area (Å²) in [7, 11) is 0. The molecule has 3 aromatic carbocycles. The first-order chi connectivity index (χ1) is 50.0. The van der Waals surface area contributed by atoms with Gasteiger partial charge in [-0.25, -0.2) is 72.1 Å². The number of amides is 3. The molecular weight excluding hydrogens is 1350 g/mol. The van der Waals surface area contributed by atoms with Crippen LogP contribution >= 0.6 is 11.6 Å². The number of hydrogen-bond donors (Lipinski definition) is 3. The Morgan fingerprint density at radius 2 is 0.825 bits per heavy atom. The van der Waals surface area contributed by atoms with Gasteiger partial charge in [0.05, 0.1) is 34.3 Å². The molecule has 0 aliphatic carbocycles. The van der Waals surface area contributed by atoms with Crippen LogP contribution in [0.15, 0.2) is 179 Å². The fourth-order valence-electron chi connectivity index (χ4n) is 12.5. The minimum absolute atomic E-state index is 0.0383. The van der Waals surface area contributed by atoms with Gasteiger partial charge in [0.25, 0.3) is 0 Å². The summed E-state index contributed by atoms with van der Waals surface area (Å²) in [5.41, 5.74) is 24.3. The number of hydrogen-bond acceptors (Lipinski definition) is 21. The van der Waals surface area contributed by atoms with E-state index in [0.29, 0.717) is 129 Å². The molecule has 0 saturated carbocycles. The lowest BCUT2D eigenvalue weighted by atomic mass is 10.1. The number of piperidine rings is 3. The van der Waals surface area contributed by atoms with E-state index in [2.05, 4.69) is 64.6 Å². The molecule has 103 heavy (non-hydrogen) atoms. The van der Waals surface area contributed by atoms with Crippen molar-refractivity contribution in [1.29, 1.82) is 0 Å². The zero-order chi connectivity index (χ0) is 71.8. The molecule has 27 nitrogen and oxygen atoms in total. The number of halogens is 4. The van der Waals surface area contributed by atoms with Crippen molar-refractivity contribution in [2.45, 2.75) is 56.7 Å². The van der Waals surface area contributed by atoms with Crippen LogP contribution in [0.1, 0.15) is 56.7 Å². The number of carbonyl (C=O) groups excluding carboxylic acids is 3. The van der Waals surface area contributed by atoms with Crippen molar-refractivity contribution in [3.63, 3.8) is 0 Å². The molecule has 0 unspecified atom stereocenters. The molecule has 31 heteroatoms. The largest absolute Gasteiger partial charge is 0.439 e. The number of anilines is 3. The zero-order valence-electron chi connectivity index (χ0n) is 55.1. The van der Waals surface area contributed by atoms with Crippen LogP contribution in [0, 0.1) is 17.5 Å². The highest BCUT2D eigenvalue weighted by Crippen LogP contribution is 2.39. The normalized spacial score (nSPS) is 15.9. The Kier molecular flexibility index (Phi) is 20.3. The summed E-state index contributed by atoms with van der Waals surface area (Å²) in [6, 6.07) is 26.6. The van der Waals surface area contributed by atoms with Crippen LogP contribution in [0.3, 0.4) is 0 Å². The van der Waals surface area contributed by atoms with Crippen molar-refractivity contribution in [2.75, 3.05) is 56.5 Å². The van der Waals surface area contributed by atoms with E-state index in [1.807, 2.05) is 15.4 Å². The van der Waals surface area contributed by atoms with Crippen LogP contribution in [0.2, 0.25) is 5.02 Å². The number of pyridine rings is 3. The van der Waals surface area contributed by atoms with E-state index in [9.17, 15) is 27.6 Å². The number of nitrogens with two attached hydrogens (primary N) is 3. The number of nitrogen functional groups attached to an aromatic ring is 3. The standard InChI is InChI=1S/C24H22ClN7O2.C24H21F2N7O2.C24H22FN7O2/c1-2-20(33)31-11-3-4-17(13-31)32-24-21(23(26)28-14-29-24)22(30-32)15-5-10-19(27-12-15)34-18-8-6-16(25)7-9-18;1-2-20(34)32-9-3-4-15(12-32)33-24-21(23(27)29-13-30-24)22(31-33)14-5-8-19(28-11-14)35-16-6-7-17(25)18(26)10-16;1-2-20(33)31-11-5-6-16(13-31)32-24-21(23(26)28-14-29-24)22(30-32)15-9-10-19(27-12-15)34-18-8-4-3-7-17(18)25/h2,5-10,12,14,17H,1,3-4,11,13H2,(H2,26,28,29);2,5-8,10-11,13,15H,1,3-4,9,12H2,(H2,27,29,30);2-4,7-10,12,14,16H,1,5-6,11,13H2,(H2,26,28,29)/t17-;15-;16-/m111/s1. The third-order valence-corrected chi connectivity index (χ3v) is 17.7. The van der Waals surface area contributed by atoms with Crippen molar-refractivity contribution in [3.8, 4) is 68.7 Å². The zero-order valence-corrected chi connectivity index (χ0v) is 55.8. The van der Waals surface area contributed by atoms with Gasteiger partial charge in [0.2, 0.25) is 35.4 Å². The fourth-order valence-corrected chi connectivity index (χ4v) is 12.6. The van der Waals surface area contributed by atoms with Crippen molar-refractivity contribution in [1.82, 2.24) is 88.9 Å². The third kappa shape index (κ3) is 14.9. The maximum atomic E-state index is 13.9.